The Labute approximate surface area is 150 Å². The predicted molar refractivity (Wildman–Crippen MR) is 98.2 cm³/mol. The third-order valence-corrected chi connectivity index (χ3v) is 5.54. The lowest BCUT2D eigenvalue weighted by Crippen LogP contribution is -2.59. The molecule has 1 aliphatic heterocycles. The molecule has 5 heteroatoms. The molecule has 25 heavy (non-hydrogen) atoms. The number of carbonyl (C=O) groups is 2. The van der Waals surface area contributed by atoms with Gasteiger partial charge < -0.3 is 10.2 Å². The lowest BCUT2D eigenvalue weighted by Gasteiger charge is -2.39. The van der Waals surface area contributed by atoms with E-state index in [1.54, 1.807) is 4.90 Å². The smallest absolute Gasteiger partial charge is 0.237 e. The number of benzene rings is 1. The lowest BCUT2D eigenvalue weighted by atomic mass is 10.0. The predicted octanol–water partition coefficient (Wildman–Crippen LogP) is 1.82. The maximum Gasteiger partial charge on any atom is 0.237 e. The van der Waals surface area contributed by atoms with Gasteiger partial charge in [0.05, 0.1) is 12.5 Å². The normalized spacial score (nSPS) is 22.0. The highest BCUT2D eigenvalue weighted by Crippen LogP contribution is 2.27. The fourth-order valence-corrected chi connectivity index (χ4v) is 4.00. The molecule has 1 aromatic carbocycles. The Morgan fingerprint density at radius 1 is 1.24 bits per heavy atom. The van der Waals surface area contributed by atoms with Crippen molar-refractivity contribution >= 4 is 11.8 Å². The van der Waals surface area contributed by atoms with Gasteiger partial charge in [-0.3, -0.25) is 14.5 Å². The number of carbonyl (C=O) groups excluding carboxylic acids is 2. The molecule has 0 bridgehead atoms. The number of piperazine rings is 1. The second kappa shape index (κ2) is 8.48. The first-order valence-electron chi connectivity index (χ1n) is 9.46. The van der Waals surface area contributed by atoms with Crippen LogP contribution in [-0.2, 0) is 16.0 Å². The molecule has 0 unspecified atom stereocenters. The van der Waals surface area contributed by atoms with Gasteiger partial charge >= 0.3 is 0 Å². The van der Waals surface area contributed by atoms with E-state index in [2.05, 4.69) is 22.3 Å². The van der Waals surface area contributed by atoms with Crippen LogP contribution in [0, 0.1) is 0 Å². The van der Waals surface area contributed by atoms with E-state index in [9.17, 15) is 9.59 Å². The Hall–Kier alpha value is -1.88. The summed E-state index contributed by atoms with van der Waals surface area (Å²) >= 11 is 0. The summed E-state index contributed by atoms with van der Waals surface area (Å²) in [6.07, 6.45) is 5.91. The molecule has 3 rings (SSSR count). The molecule has 1 saturated heterocycles. The van der Waals surface area contributed by atoms with E-state index < -0.39 is 0 Å². The van der Waals surface area contributed by atoms with Crippen molar-refractivity contribution < 1.29 is 9.59 Å². The van der Waals surface area contributed by atoms with Crippen LogP contribution in [0.3, 0.4) is 0 Å². The highest BCUT2D eigenvalue weighted by Gasteiger charge is 2.37. The first-order valence-corrected chi connectivity index (χ1v) is 9.46. The number of likely N-dealkylation sites (N-methyl/N-ethyl adjacent to an activating group) is 1. The van der Waals surface area contributed by atoms with Gasteiger partial charge in [-0.15, -0.1) is 0 Å². The molecule has 0 spiro atoms. The van der Waals surface area contributed by atoms with Crippen molar-refractivity contribution in [3.63, 3.8) is 0 Å². The van der Waals surface area contributed by atoms with Gasteiger partial charge in [-0.2, -0.15) is 0 Å². The summed E-state index contributed by atoms with van der Waals surface area (Å²) in [6, 6.07) is 10.4. The molecule has 1 aromatic rings. The van der Waals surface area contributed by atoms with Gasteiger partial charge in [0, 0.05) is 32.7 Å². The third kappa shape index (κ3) is 4.60. The van der Waals surface area contributed by atoms with Gasteiger partial charge in [-0.25, -0.2) is 0 Å². The second-order valence-electron chi connectivity index (χ2n) is 7.24. The molecule has 5 nitrogen and oxygen atoms in total. The van der Waals surface area contributed by atoms with E-state index >= 15 is 0 Å². The first-order chi connectivity index (χ1) is 12.1. The molecule has 1 saturated carbocycles. The van der Waals surface area contributed by atoms with Gasteiger partial charge in [0.1, 0.15) is 0 Å². The molecular weight excluding hydrogens is 314 g/mol. The molecule has 1 aliphatic carbocycles. The molecule has 1 atom stereocenters. The van der Waals surface area contributed by atoms with Crippen LogP contribution in [0.25, 0.3) is 0 Å². The van der Waals surface area contributed by atoms with Gasteiger partial charge in [0.25, 0.3) is 0 Å². The van der Waals surface area contributed by atoms with Crippen LogP contribution in [0.1, 0.15) is 37.7 Å². The van der Waals surface area contributed by atoms with Crippen LogP contribution in [-0.4, -0.2) is 60.4 Å². The van der Waals surface area contributed by atoms with Crippen LogP contribution >= 0.6 is 0 Å². The minimum absolute atomic E-state index is 0.0166. The molecular formula is C20H29N3O2. The van der Waals surface area contributed by atoms with E-state index in [1.807, 2.05) is 25.2 Å². The summed E-state index contributed by atoms with van der Waals surface area (Å²) in [5, 5.41) is 2.94. The molecule has 0 aromatic heterocycles. The van der Waals surface area contributed by atoms with Gasteiger partial charge in [0.2, 0.25) is 11.8 Å². The van der Waals surface area contributed by atoms with Gasteiger partial charge in [0.15, 0.2) is 0 Å². The Morgan fingerprint density at radius 3 is 2.68 bits per heavy atom. The third-order valence-electron chi connectivity index (χ3n) is 5.54. The molecule has 136 valence electrons. The first kappa shape index (κ1) is 17.9. The van der Waals surface area contributed by atoms with Gasteiger partial charge in [-0.1, -0.05) is 43.2 Å². The molecule has 2 aliphatic rings. The summed E-state index contributed by atoms with van der Waals surface area (Å²) in [5.41, 5.74) is 1.23. The maximum atomic E-state index is 12.7. The maximum absolute atomic E-state index is 12.7. The number of hydrogen-bond acceptors (Lipinski definition) is 3. The van der Waals surface area contributed by atoms with E-state index in [4.69, 9.17) is 0 Å². The summed E-state index contributed by atoms with van der Waals surface area (Å²) in [7, 11) is 1.84. The highest BCUT2D eigenvalue weighted by atomic mass is 16.2. The molecule has 1 heterocycles. The Balaban J connectivity index is 1.56. The quantitative estimate of drug-likeness (QED) is 0.857. The van der Waals surface area contributed by atoms with Crippen molar-refractivity contribution in [1.82, 2.24) is 15.1 Å². The van der Waals surface area contributed by atoms with Crippen molar-refractivity contribution in [2.45, 2.75) is 50.6 Å². The minimum atomic E-state index is -0.302. The van der Waals surface area contributed by atoms with E-state index in [-0.39, 0.29) is 24.3 Å². The zero-order valence-corrected chi connectivity index (χ0v) is 15.1. The van der Waals surface area contributed by atoms with Gasteiger partial charge in [-0.05, 0) is 24.8 Å². The Bertz CT molecular complexity index is 584. The van der Waals surface area contributed by atoms with Crippen molar-refractivity contribution in [3.8, 4) is 0 Å². The van der Waals surface area contributed by atoms with Crippen molar-refractivity contribution in [1.29, 1.82) is 0 Å². The Morgan fingerprint density at radius 2 is 1.96 bits per heavy atom. The fraction of sp³-hybridized carbons (Fsp3) is 0.600. The molecule has 1 N–H and O–H groups in total. The average Bonchev–Trinajstić information content (AvgIpc) is 3.16. The average molecular weight is 343 g/mol. The van der Waals surface area contributed by atoms with Crippen molar-refractivity contribution in [2.24, 2.45) is 0 Å². The number of amides is 2. The summed E-state index contributed by atoms with van der Waals surface area (Å²) in [6.45, 7) is 2.24. The van der Waals surface area contributed by atoms with Crippen molar-refractivity contribution in [3.05, 3.63) is 35.9 Å². The van der Waals surface area contributed by atoms with Crippen LogP contribution in [0.15, 0.2) is 30.3 Å². The van der Waals surface area contributed by atoms with Crippen molar-refractivity contribution in [2.75, 3.05) is 26.7 Å². The van der Waals surface area contributed by atoms with Crippen LogP contribution in [0.5, 0.6) is 0 Å². The lowest BCUT2D eigenvalue weighted by molar-refractivity contribution is -0.139. The topological polar surface area (TPSA) is 52.7 Å². The zero-order chi connectivity index (χ0) is 17.6. The number of rotatable bonds is 6. The largest absolute Gasteiger partial charge is 0.353 e. The van der Waals surface area contributed by atoms with Crippen LogP contribution in [0.4, 0.5) is 0 Å². The second-order valence-corrected chi connectivity index (χ2v) is 7.24. The molecule has 2 amide bonds. The SMILES string of the molecule is CN(CCc1ccccc1)C(=O)C[C@H]1C(=O)NCCN1C1CCCC1. The summed E-state index contributed by atoms with van der Waals surface area (Å²) < 4.78 is 0. The van der Waals surface area contributed by atoms with E-state index in [0.717, 1.165) is 25.8 Å². The van der Waals surface area contributed by atoms with Crippen LogP contribution < -0.4 is 5.32 Å². The van der Waals surface area contributed by atoms with E-state index in [1.165, 1.54) is 18.4 Å². The highest BCUT2D eigenvalue weighted by molar-refractivity contribution is 5.88. The summed E-state index contributed by atoms with van der Waals surface area (Å²) in [4.78, 5) is 29.1. The molecule has 0 radical (unpaired) electrons. The fourth-order valence-electron chi connectivity index (χ4n) is 4.00. The number of nitrogens with zero attached hydrogens (tertiary/aromatic N) is 2. The summed E-state index contributed by atoms with van der Waals surface area (Å²) in [5.74, 6) is 0.0731. The van der Waals surface area contributed by atoms with E-state index in [0.29, 0.717) is 19.1 Å². The number of nitrogens with one attached hydrogen (secondary N) is 1. The zero-order valence-electron chi connectivity index (χ0n) is 15.1. The standard InChI is InChI=1S/C20H29N3O2/c1-22(13-11-16-7-3-2-4-8-16)19(24)15-18-20(25)21-12-14-23(18)17-9-5-6-10-17/h2-4,7-8,17-18H,5-6,9-15H2,1H3,(H,21,25)/t18-/m0/s1. The monoisotopic (exact) mass is 343 g/mol. The Kier molecular flexibility index (Phi) is 6.08. The molecule has 2 fully saturated rings. The van der Waals surface area contributed by atoms with Crippen LogP contribution in [0.2, 0.25) is 0 Å². The number of hydrogen-bond donors (Lipinski definition) is 1. The minimum Gasteiger partial charge on any atom is -0.353 e.